The third-order valence-electron chi connectivity index (χ3n) is 9.68. The molecule has 5 nitrogen and oxygen atoms in total. The number of benzene rings is 4. The molecule has 0 aliphatic heterocycles. The SMILES string of the molecule is Cc1ccnc(-n2c3ccc(C(C)(C)C)cc3c3ccc(Oc4cc(CCC(C)(C)C)cc(-n5nc(C)c(-c6ccccc6)c5C)c4)cc32)c1. The van der Waals surface area contributed by atoms with E-state index < -0.39 is 0 Å². The van der Waals surface area contributed by atoms with Gasteiger partial charge in [-0.05, 0) is 115 Å². The van der Waals surface area contributed by atoms with Crippen molar-refractivity contribution in [1.29, 1.82) is 0 Å². The van der Waals surface area contributed by atoms with E-state index in [-0.39, 0.29) is 10.8 Å². The summed E-state index contributed by atoms with van der Waals surface area (Å²) >= 11 is 0. The molecule has 0 saturated carbocycles. The summed E-state index contributed by atoms with van der Waals surface area (Å²) in [5.74, 6) is 2.48. The first-order chi connectivity index (χ1) is 23.7. The molecule has 50 heavy (non-hydrogen) atoms. The molecule has 0 N–H and O–H groups in total. The van der Waals surface area contributed by atoms with Gasteiger partial charge in [0.05, 0.1) is 22.4 Å². The number of pyridine rings is 1. The van der Waals surface area contributed by atoms with Crippen molar-refractivity contribution in [3.05, 3.63) is 131 Å². The van der Waals surface area contributed by atoms with Crippen LogP contribution in [-0.4, -0.2) is 19.3 Å². The van der Waals surface area contributed by atoms with Crippen molar-refractivity contribution in [2.75, 3.05) is 0 Å². The molecule has 0 aliphatic rings. The van der Waals surface area contributed by atoms with Crippen molar-refractivity contribution in [2.24, 2.45) is 5.41 Å². The Morgan fingerprint density at radius 3 is 2.20 bits per heavy atom. The summed E-state index contributed by atoms with van der Waals surface area (Å²) in [6.07, 6.45) is 3.90. The lowest BCUT2D eigenvalue weighted by Crippen LogP contribution is -2.10. The fourth-order valence-corrected chi connectivity index (χ4v) is 6.96. The molecule has 254 valence electrons. The highest BCUT2D eigenvalue weighted by atomic mass is 16.5. The minimum atomic E-state index is 0.0380. The Labute approximate surface area is 296 Å². The Morgan fingerprint density at radius 2 is 1.48 bits per heavy atom. The Hall–Kier alpha value is -5.16. The Kier molecular flexibility index (Phi) is 8.42. The molecule has 0 fully saturated rings. The van der Waals surface area contributed by atoms with Crippen molar-refractivity contribution < 1.29 is 4.74 Å². The predicted molar refractivity (Wildman–Crippen MR) is 208 cm³/mol. The predicted octanol–water partition coefficient (Wildman–Crippen LogP) is 12.0. The van der Waals surface area contributed by atoms with Crippen LogP contribution >= 0.6 is 0 Å². The molecule has 0 aliphatic carbocycles. The smallest absolute Gasteiger partial charge is 0.137 e. The maximum atomic E-state index is 6.80. The van der Waals surface area contributed by atoms with Crippen LogP contribution in [0.4, 0.5) is 0 Å². The van der Waals surface area contributed by atoms with Gasteiger partial charge < -0.3 is 4.74 Å². The molecule has 0 saturated heterocycles. The van der Waals surface area contributed by atoms with Gasteiger partial charge in [-0.15, -0.1) is 0 Å². The van der Waals surface area contributed by atoms with Gasteiger partial charge in [0, 0.05) is 40.4 Å². The number of hydrogen-bond donors (Lipinski definition) is 0. The zero-order chi connectivity index (χ0) is 35.4. The van der Waals surface area contributed by atoms with Crippen LogP contribution in [0.1, 0.15) is 76.0 Å². The number of aromatic nitrogens is 4. The maximum absolute atomic E-state index is 6.80. The lowest BCUT2D eigenvalue weighted by molar-refractivity contribution is 0.378. The van der Waals surface area contributed by atoms with Crippen molar-refractivity contribution >= 4 is 21.8 Å². The van der Waals surface area contributed by atoms with E-state index in [0.29, 0.717) is 0 Å². The normalized spacial score (nSPS) is 12.3. The van der Waals surface area contributed by atoms with Gasteiger partial charge in [-0.3, -0.25) is 4.57 Å². The summed E-state index contributed by atoms with van der Waals surface area (Å²) in [5.41, 5.74) is 11.6. The molecule has 3 aromatic heterocycles. The van der Waals surface area contributed by atoms with E-state index in [1.807, 2.05) is 12.3 Å². The van der Waals surface area contributed by atoms with Gasteiger partial charge in [0.2, 0.25) is 0 Å². The molecule has 5 heteroatoms. The summed E-state index contributed by atoms with van der Waals surface area (Å²) in [6, 6.07) is 34.6. The van der Waals surface area contributed by atoms with Gasteiger partial charge in [0.1, 0.15) is 17.3 Å². The number of rotatable bonds is 7. The minimum Gasteiger partial charge on any atom is -0.457 e. The number of fused-ring (bicyclic) bond motifs is 3. The Morgan fingerprint density at radius 1 is 0.700 bits per heavy atom. The minimum absolute atomic E-state index is 0.0380. The van der Waals surface area contributed by atoms with Crippen LogP contribution in [-0.2, 0) is 11.8 Å². The van der Waals surface area contributed by atoms with Crippen LogP contribution in [0.5, 0.6) is 11.5 Å². The fraction of sp³-hybridized carbons (Fsp3) is 0.289. The summed E-state index contributed by atoms with van der Waals surface area (Å²) in [7, 11) is 0. The molecule has 4 aromatic carbocycles. The highest BCUT2D eigenvalue weighted by molar-refractivity contribution is 6.09. The molecule has 0 amide bonds. The molecule has 0 bridgehead atoms. The van der Waals surface area contributed by atoms with Crippen molar-refractivity contribution in [1.82, 2.24) is 19.3 Å². The van der Waals surface area contributed by atoms with Crippen LogP contribution in [0.2, 0.25) is 0 Å². The molecule has 0 radical (unpaired) electrons. The van der Waals surface area contributed by atoms with E-state index in [4.69, 9.17) is 14.8 Å². The number of ether oxygens (including phenoxy) is 1. The molecule has 0 spiro atoms. The first kappa shape index (κ1) is 33.3. The first-order valence-corrected chi connectivity index (χ1v) is 17.7. The third-order valence-corrected chi connectivity index (χ3v) is 9.68. The molecule has 7 aromatic rings. The van der Waals surface area contributed by atoms with Crippen molar-refractivity contribution in [3.8, 4) is 34.1 Å². The van der Waals surface area contributed by atoms with E-state index >= 15 is 0 Å². The third kappa shape index (κ3) is 6.57. The zero-order valence-electron chi connectivity index (χ0n) is 30.9. The van der Waals surface area contributed by atoms with Crippen LogP contribution in [0.15, 0.2) is 103 Å². The van der Waals surface area contributed by atoms with Crippen LogP contribution in [0, 0.1) is 26.2 Å². The quantitative estimate of drug-likeness (QED) is 0.171. The van der Waals surface area contributed by atoms with E-state index in [2.05, 4.69) is 163 Å². The first-order valence-electron chi connectivity index (χ1n) is 17.7. The topological polar surface area (TPSA) is 44.9 Å². The van der Waals surface area contributed by atoms with Crippen LogP contribution in [0.25, 0.3) is 44.4 Å². The van der Waals surface area contributed by atoms with Crippen molar-refractivity contribution in [3.63, 3.8) is 0 Å². The monoisotopic (exact) mass is 660 g/mol. The summed E-state index contributed by atoms with van der Waals surface area (Å²) in [5, 5.41) is 7.44. The lowest BCUT2D eigenvalue weighted by Gasteiger charge is -2.19. The second-order valence-corrected chi connectivity index (χ2v) is 16.0. The largest absolute Gasteiger partial charge is 0.457 e. The van der Waals surface area contributed by atoms with Gasteiger partial charge in [-0.1, -0.05) is 77.9 Å². The van der Waals surface area contributed by atoms with Crippen LogP contribution in [0.3, 0.4) is 0 Å². The Bertz CT molecular complexity index is 2350. The van der Waals surface area contributed by atoms with Gasteiger partial charge in [0.15, 0.2) is 0 Å². The molecule has 0 atom stereocenters. The van der Waals surface area contributed by atoms with E-state index in [0.717, 1.165) is 58.3 Å². The maximum Gasteiger partial charge on any atom is 0.137 e. The molecular formula is C45H48N4O. The van der Waals surface area contributed by atoms with E-state index in [1.165, 1.54) is 38.6 Å². The molecule has 3 heterocycles. The molecule has 0 unspecified atom stereocenters. The second-order valence-electron chi connectivity index (χ2n) is 16.0. The number of nitrogens with zero attached hydrogens (tertiary/aromatic N) is 4. The number of aryl methyl sites for hydroxylation is 3. The van der Waals surface area contributed by atoms with Crippen LogP contribution < -0.4 is 4.74 Å². The Balaban J connectivity index is 1.35. The van der Waals surface area contributed by atoms with Crippen molar-refractivity contribution in [2.45, 2.75) is 80.6 Å². The fourth-order valence-electron chi connectivity index (χ4n) is 6.96. The second kappa shape index (κ2) is 12.6. The summed E-state index contributed by atoms with van der Waals surface area (Å²) in [4.78, 5) is 4.82. The summed E-state index contributed by atoms with van der Waals surface area (Å²) in [6.45, 7) is 20.0. The standard InChI is InChI=1S/C45H48N4O/c1-29-20-22-46-42(23-29)48-40-18-15-34(45(7,8)9)26-39(40)38-17-16-36(28-41(38)48)50-37-25-32(19-21-44(4,5)6)24-35(27-37)49-31(3)43(30(2)47-49)33-13-11-10-12-14-33/h10-18,20,22-28H,19,21H2,1-9H3. The van der Waals surface area contributed by atoms with Gasteiger partial charge in [-0.25, -0.2) is 9.67 Å². The average Bonchev–Trinajstić information content (AvgIpc) is 3.55. The number of hydrogen-bond acceptors (Lipinski definition) is 3. The van der Waals surface area contributed by atoms with Gasteiger partial charge in [-0.2, -0.15) is 5.10 Å². The molecule has 7 rings (SSSR count). The van der Waals surface area contributed by atoms with Gasteiger partial charge in [0.25, 0.3) is 0 Å². The highest BCUT2D eigenvalue weighted by Gasteiger charge is 2.20. The van der Waals surface area contributed by atoms with E-state index in [1.54, 1.807) is 0 Å². The summed E-state index contributed by atoms with van der Waals surface area (Å²) < 4.78 is 11.1. The average molecular weight is 661 g/mol. The molecular weight excluding hydrogens is 613 g/mol. The zero-order valence-corrected chi connectivity index (χ0v) is 30.9. The highest BCUT2D eigenvalue weighted by Crippen LogP contribution is 2.38. The van der Waals surface area contributed by atoms with E-state index in [9.17, 15) is 0 Å². The lowest BCUT2D eigenvalue weighted by atomic mass is 9.86. The van der Waals surface area contributed by atoms with Gasteiger partial charge >= 0.3 is 0 Å².